The van der Waals surface area contributed by atoms with Crippen molar-refractivity contribution in [2.24, 2.45) is 0 Å². The number of rotatable bonds is 7. The van der Waals surface area contributed by atoms with E-state index in [-0.39, 0.29) is 0 Å². The molecule has 2 fully saturated rings. The summed E-state index contributed by atoms with van der Waals surface area (Å²) in [6.45, 7) is 5.19. The summed E-state index contributed by atoms with van der Waals surface area (Å²) >= 11 is 0. The molecule has 2 aliphatic rings. The van der Waals surface area contributed by atoms with E-state index >= 15 is 0 Å². The molecule has 1 aliphatic heterocycles. The van der Waals surface area contributed by atoms with Gasteiger partial charge in [0.2, 0.25) is 0 Å². The number of nitrogens with zero attached hydrogens (tertiary/aromatic N) is 9. The lowest BCUT2D eigenvalue weighted by atomic mass is 10.1. The van der Waals surface area contributed by atoms with Gasteiger partial charge in [-0.2, -0.15) is 15.0 Å². The van der Waals surface area contributed by atoms with Gasteiger partial charge in [0.1, 0.15) is 11.8 Å². The van der Waals surface area contributed by atoms with Gasteiger partial charge in [0.25, 0.3) is 0 Å². The number of fused-ring (bicyclic) bond motifs is 1. The molecule has 0 amide bonds. The second kappa shape index (κ2) is 8.81. The fourth-order valence-corrected chi connectivity index (χ4v) is 4.08. The minimum absolute atomic E-state index is 0.455. The third-order valence-corrected chi connectivity index (χ3v) is 6.14. The Labute approximate surface area is 196 Å². The molecule has 6 rings (SSSR count). The number of hydrogen-bond donors (Lipinski definition) is 1. The van der Waals surface area contributed by atoms with Crippen molar-refractivity contribution in [3.63, 3.8) is 0 Å². The third-order valence-electron chi connectivity index (χ3n) is 6.14. The van der Waals surface area contributed by atoms with Gasteiger partial charge >= 0.3 is 0 Å². The summed E-state index contributed by atoms with van der Waals surface area (Å²) in [5, 5.41) is 26.8. The monoisotopic (exact) mass is 456 g/mol. The Morgan fingerprint density at radius 2 is 1.97 bits per heavy atom. The fraction of sp³-hybridized carbons (Fsp3) is 0.391. The molecule has 0 bridgehead atoms. The van der Waals surface area contributed by atoms with Crippen LogP contribution in [0.1, 0.15) is 18.4 Å². The van der Waals surface area contributed by atoms with Crippen LogP contribution in [-0.2, 0) is 11.3 Å². The van der Waals surface area contributed by atoms with E-state index in [4.69, 9.17) is 10.00 Å². The van der Waals surface area contributed by atoms with Gasteiger partial charge in [-0.15, -0.1) is 5.10 Å². The first-order valence-electron chi connectivity index (χ1n) is 11.5. The summed E-state index contributed by atoms with van der Waals surface area (Å²) in [5.74, 6) is 0.652. The highest BCUT2D eigenvalue weighted by atomic mass is 16.5. The molecule has 11 nitrogen and oxygen atoms in total. The van der Waals surface area contributed by atoms with Crippen LogP contribution < -0.4 is 5.32 Å². The molecule has 1 saturated heterocycles. The Morgan fingerprint density at radius 3 is 2.79 bits per heavy atom. The van der Waals surface area contributed by atoms with E-state index in [9.17, 15) is 0 Å². The Morgan fingerprint density at radius 1 is 1.09 bits per heavy atom. The molecule has 4 aromatic rings. The average molecular weight is 457 g/mol. The number of aromatic nitrogens is 7. The topological polar surface area (TPSA) is 123 Å². The third kappa shape index (κ3) is 4.21. The van der Waals surface area contributed by atoms with Gasteiger partial charge in [0, 0.05) is 60.8 Å². The number of ether oxygens (including phenoxy) is 1. The predicted octanol–water partition coefficient (Wildman–Crippen LogP) is 1.85. The van der Waals surface area contributed by atoms with Crippen molar-refractivity contribution < 1.29 is 4.74 Å². The van der Waals surface area contributed by atoms with Crippen molar-refractivity contribution in [2.75, 3.05) is 38.2 Å². The summed E-state index contributed by atoms with van der Waals surface area (Å²) in [4.78, 5) is 11.5. The van der Waals surface area contributed by atoms with Crippen LogP contribution in [0.25, 0.3) is 28.1 Å². The minimum atomic E-state index is 0.455. The van der Waals surface area contributed by atoms with Gasteiger partial charge < -0.3 is 10.1 Å². The Kier molecular flexibility index (Phi) is 5.37. The van der Waals surface area contributed by atoms with Gasteiger partial charge in [0.05, 0.1) is 37.7 Å². The van der Waals surface area contributed by atoms with Gasteiger partial charge in [-0.3, -0.25) is 9.58 Å². The van der Waals surface area contributed by atoms with Crippen LogP contribution in [0.5, 0.6) is 0 Å². The molecule has 1 N–H and O–H groups in total. The fourth-order valence-electron chi connectivity index (χ4n) is 4.08. The van der Waals surface area contributed by atoms with E-state index in [1.54, 1.807) is 23.1 Å². The van der Waals surface area contributed by atoms with E-state index in [0.29, 0.717) is 23.1 Å². The van der Waals surface area contributed by atoms with E-state index in [0.717, 1.165) is 74.6 Å². The molecule has 34 heavy (non-hydrogen) atoms. The summed E-state index contributed by atoms with van der Waals surface area (Å²) in [6, 6.07) is 6.32. The normalized spacial score (nSPS) is 16.6. The van der Waals surface area contributed by atoms with Crippen LogP contribution in [0, 0.1) is 11.3 Å². The quantitative estimate of drug-likeness (QED) is 0.444. The number of morpholine rings is 1. The molecular weight excluding hydrogens is 432 g/mol. The lowest BCUT2D eigenvalue weighted by Gasteiger charge is -2.26. The maximum Gasteiger partial charge on any atom is 0.164 e. The van der Waals surface area contributed by atoms with Crippen LogP contribution in [0.3, 0.4) is 0 Å². The molecule has 1 saturated carbocycles. The number of hydrogen-bond acceptors (Lipinski definition) is 9. The molecule has 5 heterocycles. The lowest BCUT2D eigenvalue weighted by Crippen LogP contribution is -2.38. The predicted molar refractivity (Wildman–Crippen MR) is 124 cm³/mol. The van der Waals surface area contributed by atoms with Gasteiger partial charge in [-0.05, 0) is 18.9 Å². The molecule has 11 heteroatoms. The largest absolute Gasteiger partial charge is 0.382 e. The molecule has 1 aliphatic carbocycles. The molecule has 172 valence electrons. The zero-order valence-electron chi connectivity index (χ0n) is 18.6. The summed E-state index contributed by atoms with van der Waals surface area (Å²) in [5.41, 5.74) is 3.80. The number of nitrogens with one attached hydrogen (secondary N) is 1. The standard InChI is InChI=1S/C23H24N10O/c24-11-16-9-17-13-27-33(23(17)26-12-16)22-10-20(28-18-1-2-18)19(14-25-22)21-15-32(30-29-21)4-3-31-5-7-34-8-6-31/h9-10,12-15,18H,1-8H2,(H,25,28). The summed E-state index contributed by atoms with van der Waals surface area (Å²) in [7, 11) is 0. The Hall–Kier alpha value is -3.88. The van der Waals surface area contributed by atoms with Crippen molar-refractivity contribution in [3.05, 3.63) is 42.5 Å². The van der Waals surface area contributed by atoms with E-state index in [1.807, 2.05) is 23.1 Å². The molecule has 0 aromatic carbocycles. The van der Waals surface area contributed by atoms with E-state index in [2.05, 4.69) is 41.7 Å². The molecular formula is C23H24N10O. The van der Waals surface area contributed by atoms with Crippen LogP contribution in [0.4, 0.5) is 5.69 Å². The van der Waals surface area contributed by atoms with Gasteiger partial charge in [-0.1, -0.05) is 5.21 Å². The van der Waals surface area contributed by atoms with Crippen LogP contribution in [-0.4, -0.2) is 78.5 Å². The Bertz CT molecular complexity index is 1360. The highest BCUT2D eigenvalue weighted by Gasteiger charge is 2.24. The lowest BCUT2D eigenvalue weighted by molar-refractivity contribution is 0.0359. The van der Waals surface area contributed by atoms with Crippen molar-refractivity contribution >= 4 is 16.7 Å². The second-order valence-electron chi connectivity index (χ2n) is 8.63. The first-order chi connectivity index (χ1) is 16.8. The SMILES string of the molecule is N#Cc1cnc2c(cnn2-c2cc(NC3CC3)c(-c3cn(CCN4CCOCC4)nn3)cn2)c1. The first kappa shape index (κ1) is 20.7. The zero-order valence-corrected chi connectivity index (χ0v) is 18.6. The molecule has 4 aromatic heterocycles. The van der Waals surface area contributed by atoms with Crippen molar-refractivity contribution in [1.29, 1.82) is 5.26 Å². The Balaban J connectivity index is 1.28. The van der Waals surface area contributed by atoms with Crippen LogP contribution in [0.2, 0.25) is 0 Å². The molecule has 0 atom stereocenters. The van der Waals surface area contributed by atoms with E-state index in [1.165, 1.54) is 0 Å². The maximum absolute atomic E-state index is 9.13. The highest BCUT2D eigenvalue weighted by Crippen LogP contribution is 2.32. The second-order valence-corrected chi connectivity index (χ2v) is 8.63. The first-order valence-corrected chi connectivity index (χ1v) is 11.5. The molecule has 0 radical (unpaired) electrons. The summed E-state index contributed by atoms with van der Waals surface area (Å²) < 4.78 is 9.00. The number of pyridine rings is 2. The molecule has 0 spiro atoms. The highest BCUT2D eigenvalue weighted by molar-refractivity contribution is 5.79. The van der Waals surface area contributed by atoms with Crippen LogP contribution >= 0.6 is 0 Å². The zero-order chi connectivity index (χ0) is 22.9. The van der Waals surface area contributed by atoms with Gasteiger partial charge in [0.15, 0.2) is 11.5 Å². The minimum Gasteiger partial charge on any atom is -0.382 e. The smallest absolute Gasteiger partial charge is 0.164 e. The van der Waals surface area contributed by atoms with E-state index < -0.39 is 0 Å². The molecule has 0 unspecified atom stereocenters. The van der Waals surface area contributed by atoms with Gasteiger partial charge in [-0.25, -0.2) is 9.97 Å². The van der Waals surface area contributed by atoms with Crippen molar-refractivity contribution in [3.8, 4) is 23.1 Å². The summed E-state index contributed by atoms with van der Waals surface area (Å²) in [6.07, 6.45) is 9.33. The number of anilines is 1. The van der Waals surface area contributed by atoms with Crippen molar-refractivity contribution in [1.82, 2.24) is 39.6 Å². The maximum atomic E-state index is 9.13. The average Bonchev–Trinajstić information content (AvgIpc) is 3.40. The van der Waals surface area contributed by atoms with Crippen molar-refractivity contribution in [2.45, 2.75) is 25.4 Å². The van der Waals surface area contributed by atoms with Crippen LogP contribution in [0.15, 0.2) is 36.9 Å². The number of nitriles is 1.